The SMILES string of the molecule is CCCC(O)C1CCNC1. The van der Waals surface area contributed by atoms with Crippen LogP contribution in [0, 0.1) is 5.92 Å². The van der Waals surface area contributed by atoms with Crippen molar-refractivity contribution in [1.29, 1.82) is 0 Å². The van der Waals surface area contributed by atoms with Crippen molar-refractivity contribution in [3.63, 3.8) is 0 Å². The van der Waals surface area contributed by atoms with Crippen LogP contribution < -0.4 is 5.32 Å². The summed E-state index contributed by atoms with van der Waals surface area (Å²) in [6.45, 7) is 4.22. The molecule has 10 heavy (non-hydrogen) atoms. The summed E-state index contributed by atoms with van der Waals surface area (Å²) in [5.41, 5.74) is 0. The largest absolute Gasteiger partial charge is 0.393 e. The zero-order valence-electron chi connectivity index (χ0n) is 6.64. The summed E-state index contributed by atoms with van der Waals surface area (Å²) in [5.74, 6) is 0.528. The van der Waals surface area contributed by atoms with E-state index in [-0.39, 0.29) is 6.10 Å². The molecule has 2 atom stereocenters. The fraction of sp³-hybridized carbons (Fsp3) is 1.00. The van der Waals surface area contributed by atoms with E-state index in [2.05, 4.69) is 12.2 Å². The van der Waals surface area contributed by atoms with Crippen LogP contribution in [0.3, 0.4) is 0 Å². The molecule has 0 aromatic carbocycles. The van der Waals surface area contributed by atoms with Crippen LogP contribution in [0.15, 0.2) is 0 Å². The van der Waals surface area contributed by atoms with Gasteiger partial charge < -0.3 is 10.4 Å². The Labute approximate surface area is 62.6 Å². The fourth-order valence-corrected chi connectivity index (χ4v) is 1.54. The molecule has 0 bridgehead atoms. The molecular formula is C8H17NO. The van der Waals surface area contributed by atoms with Crippen molar-refractivity contribution in [3.8, 4) is 0 Å². The average molecular weight is 143 g/mol. The summed E-state index contributed by atoms with van der Waals surface area (Å²) in [6, 6.07) is 0. The molecule has 0 aromatic heterocycles. The maximum absolute atomic E-state index is 9.51. The normalized spacial score (nSPS) is 28.8. The molecule has 1 fully saturated rings. The van der Waals surface area contributed by atoms with Crippen LogP contribution >= 0.6 is 0 Å². The van der Waals surface area contributed by atoms with E-state index in [0.29, 0.717) is 5.92 Å². The lowest BCUT2D eigenvalue weighted by Gasteiger charge is -2.15. The van der Waals surface area contributed by atoms with Gasteiger partial charge in [-0.1, -0.05) is 13.3 Å². The van der Waals surface area contributed by atoms with E-state index in [0.717, 1.165) is 32.4 Å². The van der Waals surface area contributed by atoms with Crippen LogP contribution in [0.4, 0.5) is 0 Å². The van der Waals surface area contributed by atoms with Crippen molar-refractivity contribution in [2.24, 2.45) is 5.92 Å². The minimum Gasteiger partial charge on any atom is -0.393 e. The van der Waals surface area contributed by atoms with Gasteiger partial charge in [0, 0.05) is 6.54 Å². The molecule has 0 aromatic rings. The first kappa shape index (κ1) is 8.02. The lowest BCUT2D eigenvalue weighted by atomic mass is 9.98. The van der Waals surface area contributed by atoms with Crippen LogP contribution in [0.2, 0.25) is 0 Å². The van der Waals surface area contributed by atoms with Gasteiger partial charge in [0.25, 0.3) is 0 Å². The molecule has 2 N–H and O–H groups in total. The van der Waals surface area contributed by atoms with E-state index in [1.54, 1.807) is 0 Å². The first-order chi connectivity index (χ1) is 4.84. The Balaban J connectivity index is 2.18. The van der Waals surface area contributed by atoms with Gasteiger partial charge >= 0.3 is 0 Å². The van der Waals surface area contributed by atoms with Crippen LogP contribution in [-0.2, 0) is 0 Å². The van der Waals surface area contributed by atoms with Crippen molar-refractivity contribution in [2.45, 2.75) is 32.3 Å². The predicted octanol–water partition coefficient (Wildman–Crippen LogP) is 0.757. The maximum Gasteiger partial charge on any atom is 0.0580 e. The van der Waals surface area contributed by atoms with Crippen molar-refractivity contribution < 1.29 is 5.11 Å². The van der Waals surface area contributed by atoms with E-state index in [1.165, 1.54) is 0 Å². The lowest BCUT2D eigenvalue weighted by molar-refractivity contribution is 0.107. The van der Waals surface area contributed by atoms with Crippen LogP contribution in [0.5, 0.6) is 0 Å². The molecule has 1 rings (SSSR count). The standard InChI is InChI=1S/C8H17NO/c1-2-3-8(10)7-4-5-9-6-7/h7-10H,2-6H2,1H3. The van der Waals surface area contributed by atoms with Gasteiger partial charge in [-0.05, 0) is 25.3 Å². The summed E-state index contributed by atoms with van der Waals surface area (Å²) in [7, 11) is 0. The third kappa shape index (κ3) is 1.96. The monoisotopic (exact) mass is 143 g/mol. The van der Waals surface area contributed by atoms with Crippen LogP contribution in [0.25, 0.3) is 0 Å². The minimum absolute atomic E-state index is 0.0556. The minimum atomic E-state index is -0.0556. The molecular weight excluding hydrogens is 126 g/mol. The van der Waals surface area contributed by atoms with Crippen molar-refractivity contribution in [1.82, 2.24) is 5.32 Å². The second kappa shape index (κ2) is 3.94. The lowest BCUT2D eigenvalue weighted by Crippen LogP contribution is -2.22. The van der Waals surface area contributed by atoms with Gasteiger partial charge in [0.05, 0.1) is 6.10 Å². The third-order valence-corrected chi connectivity index (χ3v) is 2.23. The summed E-state index contributed by atoms with van der Waals surface area (Å²) < 4.78 is 0. The Kier molecular flexibility index (Phi) is 3.16. The zero-order valence-corrected chi connectivity index (χ0v) is 6.64. The number of hydrogen-bond acceptors (Lipinski definition) is 2. The van der Waals surface area contributed by atoms with Gasteiger partial charge in [-0.2, -0.15) is 0 Å². The summed E-state index contributed by atoms with van der Waals surface area (Å²) in [6.07, 6.45) is 3.16. The molecule has 2 nitrogen and oxygen atoms in total. The molecule has 60 valence electrons. The molecule has 2 unspecified atom stereocenters. The molecule has 2 heteroatoms. The number of nitrogens with one attached hydrogen (secondary N) is 1. The summed E-state index contributed by atoms with van der Waals surface area (Å²) >= 11 is 0. The van der Waals surface area contributed by atoms with E-state index in [4.69, 9.17) is 0 Å². The third-order valence-electron chi connectivity index (χ3n) is 2.23. The highest BCUT2D eigenvalue weighted by Crippen LogP contribution is 2.15. The Morgan fingerprint density at radius 3 is 3.00 bits per heavy atom. The predicted molar refractivity (Wildman–Crippen MR) is 41.9 cm³/mol. The summed E-state index contributed by atoms with van der Waals surface area (Å²) in [5, 5.41) is 12.8. The molecule has 0 aliphatic carbocycles. The van der Waals surface area contributed by atoms with Crippen molar-refractivity contribution >= 4 is 0 Å². The van der Waals surface area contributed by atoms with Gasteiger partial charge in [0.15, 0.2) is 0 Å². The average Bonchev–Trinajstić information content (AvgIpc) is 2.38. The first-order valence-electron chi connectivity index (χ1n) is 4.23. The molecule has 0 spiro atoms. The highest BCUT2D eigenvalue weighted by atomic mass is 16.3. The maximum atomic E-state index is 9.51. The molecule has 0 saturated carbocycles. The van der Waals surface area contributed by atoms with Crippen LogP contribution in [0.1, 0.15) is 26.2 Å². The molecule has 1 aliphatic rings. The van der Waals surface area contributed by atoms with E-state index < -0.39 is 0 Å². The van der Waals surface area contributed by atoms with Gasteiger partial charge in [-0.3, -0.25) is 0 Å². The number of aliphatic hydroxyl groups is 1. The van der Waals surface area contributed by atoms with Gasteiger partial charge in [-0.25, -0.2) is 0 Å². The Bertz CT molecular complexity index is 89.3. The van der Waals surface area contributed by atoms with Gasteiger partial charge in [0.1, 0.15) is 0 Å². The molecule has 0 radical (unpaired) electrons. The molecule has 1 heterocycles. The number of rotatable bonds is 3. The topological polar surface area (TPSA) is 32.3 Å². The van der Waals surface area contributed by atoms with Crippen molar-refractivity contribution in [2.75, 3.05) is 13.1 Å². The van der Waals surface area contributed by atoms with E-state index in [1.807, 2.05) is 0 Å². The second-order valence-corrected chi connectivity index (χ2v) is 3.11. The Morgan fingerprint density at radius 1 is 1.70 bits per heavy atom. The Morgan fingerprint density at radius 2 is 2.50 bits per heavy atom. The van der Waals surface area contributed by atoms with Gasteiger partial charge in [0.2, 0.25) is 0 Å². The quantitative estimate of drug-likeness (QED) is 0.611. The molecule has 1 saturated heterocycles. The van der Waals surface area contributed by atoms with E-state index >= 15 is 0 Å². The number of aliphatic hydroxyl groups excluding tert-OH is 1. The number of hydrogen-bond donors (Lipinski definition) is 2. The second-order valence-electron chi connectivity index (χ2n) is 3.11. The smallest absolute Gasteiger partial charge is 0.0580 e. The highest BCUT2D eigenvalue weighted by molar-refractivity contribution is 4.77. The molecule has 0 amide bonds. The van der Waals surface area contributed by atoms with E-state index in [9.17, 15) is 5.11 Å². The van der Waals surface area contributed by atoms with Crippen molar-refractivity contribution in [3.05, 3.63) is 0 Å². The first-order valence-corrected chi connectivity index (χ1v) is 4.23. The zero-order chi connectivity index (χ0) is 7.40. The summed E-state index contributed by atoms with van der Waals surface area (Å²) in [4.78, 5) is 0. The van der Waals surface area contributed by atoms with Crippen LogP contribution in [-0.4, -0.2) is 24.3 Å². The van der Waals surface area contributed by atoms with Gasteiger partial charge in [-0.15, -0.1) is 0 Å². The Hall–Kier alpha value is -0.0800. The highest BCUT2D eigenvalue weighted by Gasteiger charge is 2.21. The fourth-order valence-electron chi connectivity index (χ4n) is 1.54. The molecule has 1 aliphatic heterocycles.